The Morgan fingerprint density at radius 2 is 1.74 bits per heavy atom. The molecule has 0 radical (unpaired) electrons. The van der Waals surface area contributed by atoms with Crippen LogP contribution in [0.3, 0.4) is 0 Å². The fourth-order valence-electron chi connectivity index (χ4n) is 2.41. The van der Waals surface area contributed by atoms with Crippen LogP contribution in [-0.4, -0.2) is 19.4 Å². The van der Waals surface area contributed by atoms with Crippen LogP contribution in [-0.2, 0) is 10.0 Å². The molecule has 1 aliphatic carbocycles. The van der Waals surface area contributed by atoms with Crippen molar-refractivity contribution in [2.75, 3.05) is 5.73 Å². The van der Waals surface area contributed by atoms with Crippen molar-refractivity contribution in [2.45, 2.75) is 55.9 Å². The van der Waals surface area contributed by atoms with E-state index in [-0.39, 0.29) is 10.9 Å². The molecule has 0 spiro atoms. The molecule has 0 aliphatic heterocycles. The molecule has 0 unspecified atom stereocenters. The molecule has 0 saturated heterocycles. The van der Waals surface area contributed by atoms with Crippen LogP contribution in [0.5, 0.6) is 0 Å². The van der Waals surface area contributed by atoms with Gasteiger partial charge < -0.3 is 5.73 Å². The molecule has 1 saturated carbocycles. The van der Waals surface area contributed by atoms with Gasteiger partial charge in [-0.3, -0.25) is 0 Å². The van der Waals surface area contributed by atoms with E-state index in [1.807, 2.05) is 0 Å². The Balaban J connectivity index is 2.05. The standard InChI is InChI=1S/C13H21N3O2S/c14-13-9-8-12(10-15-13)19(17,18)16-11-6-4-2-1-3-5-7-11/h8-11,16H,1-7H2,(H2,14,15). The number of pyridine rings is 1. The Morgan fingerprint density at radius 3 is 2.32 bits per heavy atom. The third-order valence-electron chi connectivity index (χ3n) is 3.50. The fraction of sp³-hybridized carbons (Fsp3) is 0.615. The Hall–Kier alpha value is -1.14. The molecule has 0 amide bonds. The molecule has 0 atom stereocenters. The van der Waals surface area contributed by atoms with Crippen molar-refractivity contribution in [1.82, 2.24) is 9.71 Å². The summed E-state index contributed by atoms with van der Waals surface area (Å²) < 4.78 is 27.2. The highest BCUT2D eigenvalue weighted by atomic mass is 32.2. The van der Waals surface area contributed by atoms with Gasteiger partial charge in [-0.2, -0.15) is 0 Å². The summed E-state index contributed by atoms with van der Waals surface area (Å²) in [6.07, 6.45) is 8.98. The smallest absolute Gasteiger partial charge is 0.242 e. The van der Waals surface area contributed by atoms with E-state index in [2.05, 4.69) is 9.71 Å². The number of aromatic nitrogens is 1. The monoisotopic (exact) mass is 283 g/mol. The number of sulfonamides is 1. The summed E-state index contributed by atoms with van der Waals surface area (Å²) in [5.41, 5.74) is 5.47. The van der Waals surface area contributed by atoms with E-state index >= 15 is 0 Å². The summed E-state index contributed by atoms with van der Waals surface area (Å²) >= 11 is 0. The van der Waals surface area contributed by atoms with Crippen molar-refractivity contribution in [2.24, 2.45) is 0 Å². The van der Waals surface area contributed by atoms with Gasteiger partial charge >= 0.3 is 0 Å². The van der Waals surface area contributed by atoms with Gasteiger partial charge in [0, 0.05) is 12.2 Å². The molecule has 1 heterocycles. The quantitative estimate of drug-likeness (QED) is 0.889. The molecule has 1 fully saturated rings. The molecule has 5 nitrogen and oxygen atoms in total. The van der Waals surface area contributed by atoms with E-state index in [1.165, 1.54) is 37.6 Å². The highest BCUT2D eigenvalue weighted by molar-refractivity contribution is 7.89. The van der Waals surface area contributed by atoms with Gasteiger partial charge in [-0.05, 0) is 25.0 Å². The molecule has 106 valence electrons. The highest BCUT2D eigenvalue weighted by Crippen LogP contribution is 2.19. The van der Waals surface area contributed by atoms with Gasteiger partial charge in [0.15, 0.2) is 0 Å². The first-order valence-corrected chi connectivity index (χ1v) is 8.30. The average Bonchev–Trinajstić information content (AvgIpc) is 2.33. The van der Waals surface area contributed by atoms with Crippen molar-refractivity contribution < 1.29 is 8.42 Å². The first-order chi connectivity index (χ1) is 9.08. The minimum atomic E-state index is -3.47. The molecule has 2 rings (SSSR count). The lowest BCUT2D eigenvalue weighted by Crippen LogP contribution is -2.35. The van der Waals surface area contributed by atoms with Crippen molar-refractivity contribution in [3.05, 3.63) is 18.3 Å². The van der Waals surface area contributed by atoms with Gasteiger partial charge in [-0.1, -0.05) is 32.1 Å². The van der Waals surface area contributed by atoms with E-state index in [4.69, 9.17) is 5.73 Å². The van der Waals surface area contributed by atoms with Gasteiger partial charge in [0.2, 0.25) is 10.0 Å². The van der Waals surface area contributed by atoms with Crippen LogP contribution >= 0.6 is 0 Å². The van der Waals surface area contributed by atoms with Crippen molar-refractivity contribution in [3.8, 4) is 0 Å². The van der Waals surface area contributed by atoms with Crippen LogP contribution in [0.25, 0.3) is 0 Å². The van der Waals surface area contributed by atoms with Gasteiger partial charge in [0.05, 0.1) is 0 Å². The summed E-state index contributed by atoms with van der Waals surface area (Å²) in [4.78, 5) is 4.01. The summed E-state index contributed by atoms with van der Waals surface area (Å²) in [5, 5.41) is 0. The number of nitrogen functional groups attached to an aromatic ring is 1. The second-order valence-electron chi connectivity index (χ2n) is 5.08. The zero-order chi connectivity index (χ0) is 13.7. The molecule has 1 aliphatic rings. The van der Waals surface area contributed by atoms with E-state index in [1.54, 1.807) is 0 Å². The molecule has 3 N–H and O–H groups in total. The highest BCUT2D eigenvalue weighted by Gasteiger charge is 2.20. The largest absolute Gasteiger partial charge is 0.384 e. The molecule has 0 aromatic carbocycles. The number of hydrogen-bond acceptors (Lipinski definition) is 4. The van der Waals surface area contributed by atoms with Crippen LogP contribution in [0.4, 0.5) is 5.82 Å². The lowest BCUT2D eigenvalue weighted by atomic mass is 9.97. The first kappa shape index (κ1) is 14.3. The molecule has 1 aromatic heterocycles. The Labute approximate surface area is 114 Å². The number of anilines is 1. The number of nitrogens with one attached hydrogen (secondary N) is 1. The fourth-order valence-corrected chi connectivity index (χ4v) is 3.66. The lowest BCUT2D eigenvalue weighted by molar-refractivity contribution is 0.426. The maximum atomic E-state index is 12.2. The number of nitrogens with two attached hydrogens (primary N) is 1. The van der Waals surface area contributed by atoms with E-state index < -0.39 is 10.0 Å². The second-order valence-corrected chi connectivity index (χ2v) is 6.80. The summed E-state index contributed by atoms with van der Waals surface area (Å²) in [5.74, 6) is 0.324. The zero-order valence-electron chi connectivity index (χ0n) is 11.0. The third kappa shape index (κ3) is 4.18. The van der Waals surface area contributed by atoms with E-state index in [0.29, 0.717) is 5.82 Å². The molecule has 0 bridgehead atoms. The van der Waals surface area contributed by atoms with Crippen molar-refractivity contribution in [1.29, 1.82) is 0 Å². The van der Waals surface area contributed by atoms with Gasteiger partial charge in [0.1, 0.15) is 10.7 Å². The Bertz CT molecular complexity index is 491. The molecule has 19 heavy (non-hydrogen) atoms. The van der Waals surface area contributed by atoms with Crippen LogP contribution < -0.4 is 10.5 Å². The molecular weight excluding hydrogens is 262 g/mol. The number of hydrogen-bond donors (Lipinski definition) is 2. The predicted molar refractivity (Wildman–Crippen MR) is 75.1 cm³/mol. The topological polar surface area (TPSA) is 85.1 Å². The average molecular weight is 283 g/mol. The minimum Gasteiger partial charge on any atom is -0.384 e. The molecular formula is C13H21N3O2S. The van der Waals surface area contributed by atoms with E-state index in [0.717, 1.165) is 25.7 Å². The summed E-state index contributed by atoms with van der Waals surface area (Å²) in [6.45, 7) is 0. The molecule has 6 heteroatoms. The number of nitrogens with zero attached hydrogens (tertiary/aromatic N) is 1. The maximum Gasteiger partial charge on any atom is 0.242 e. The van der Waals surface area contributed by atoms with Crippen molar-refractivity contribution in [3.63, 3.8) is 0 Å². The number of rotatable bonds is 3. The predicted octanol–water partition coefficient (Wildman–Crippen LogP) is 2.05. The maximum absolute atomic E-state index is 12.2. The second kappa shape index (κ2) is 6.34. The van der Waals surface area contributed by atoms with Crippen LogP contribution in [0, 0.1) is 0 Å². The summed E-state index contributed by atoms with van der Waals surface area (Å²) in [7, 11) is -3.47. The van der Waals surface area contributed by atoms with Gasteiger partial charge in [-0.25, -0.2) is 18.1 Å². The molecule has 1 aromatic rings. The zero-order valence-corrected chi connectivity index (χ0v) is 11.8. The Morgan fingerprint density at radius 1 is 1.11 bits per heavy atom. The normalized spacial score (nSPS) is 18.7. The first-order valence-electron chi connectivity index (χ1n) is 6.82. The van der Waals surface area contributed by atoms with E-state index in [9.17, 15) is 8.42 Å². The SMILES string of the molecule is Nc1ccc(S(=O)(=O)NC2CCCCCCC2)cn1. The van der Waals surface area contributed by atoms with Crippen LogP contribution in [0.2, 0.25) is 0 Å². The van der Waals surface area contributed by atoms with Gasteiger partial charge in [0.25, 0.3) is 0 Å². The Kier molecular flexibility index (Phi) is 4.76. The summed E-state index contributed by atoms with van der Waals surface area (Å²) in [6, 6.07) is 3.04. The van der Waals surface area contributed by atoms with Crippen LogP contribution in [0.1, 0.15) is 44.9 Å². The third-order valence-corrected chi connectivity index (χ3v) is 5.00. The van der Waals surface area contributed by atoms with Gasteiger partial charge in [-0.15, -0.1) is 0 Å². The lowest BCUT2D eigenvalue weighted by Gasteiger charge is -2.20. The minimum absolute atomic E-state index is 0.0443. The van der Waals surface area contributed by atoms with Crippen LogP contribution in [0.15, 0.2) is 23.2 Å². The van der Waals surface area contributed by atoms with Crippen molar-refractivity contribution >= 4 is 15.8 Å².